The molecule has 1 unspecified atom stereocenters. The number of halogens is 1. The number of nitrogens with one attached hydrogen (secondary N) is 1. The summed E-state index contributed by atoms with van der Waals surface area (Å²) in [6.07, 6.45) is 3.47. The third kappa shape index (κ3) is 5.04. The van der Waals surface area contributed by atoms with Crippen molar-refractivity contribution in [2.45, 2.75) is 26.2 Å². The van der Waals surface area contributed by atoms with Crippen LogP contribution in [0.2, 0.25) is 0 Å². The van der Waals surface area contributed by atoms with E-state index in [0.29, 0.717) is 5.92 Å². The lowest BCUT2D eigenvalue weighted by molar-refractivity contribution is 0.470. The molecule has 20 heavy (non-hydrogen) atoms. The van der Waals surface area contributed by atoms with Crippen LogP contribution in [0.25, 0.3) is 0 Å². The fourth-order valence-electron chi connectivity index (χ4n) is 2.42. The molecule has 0 bridgehead atoms. The van der Waals surface area contributed by atoms with E-state index in [9.17, 15) is 0 Å². The van der Waals surface area contributed by atoms with E-state index in [0.717, 1.165) is 25.9 Å². The predicted octanol–water partition coefficient (Wildman–Crippen LogP) is 4.91. The predicted molar refractivity (Wildman–Crippen MR) is 92.5 cm³/mol. The Labute approximate surface area is 134 Å². The number of hydrogen-bond acceptors (Lipinski definition) is 2. The smallest absolute Gasteiger partial charge is 0.0207 e. The van der Waals surface area contributed by atoms with Crippen LogP contribution in [0.3, 0.4) is 0 Å². The second kappa shape index (κ2) is 8.60. The van der Waals surface area contributed by atoms with Crippen LogP contribution in [0, 0.1) is 5.92 Å². The maximum Gasteiger partial charge on any atom is 0.0207 e. The molecule has 0 radical (unpaired) electrons. The summed E-state index contributed by atoms with van der Waals surface area (Å²) < 4.78 is 1.23. The van der Waals surface area contributed by atoms with E-state index < -0.39 is 0 Å². The van der Waals surface area contributed by atoms with Crippen LogP contribution >= 0.6 is 27.3 Å². The highest BCUT2D eigenvalue weighted by atomic mass is 79.9. The second-order valence-electron chi connectivity index (χ2n) is 5.20. The van der Waals surface area contributed by atoms with Crippen LogP contribution in [0.1, 0.15) is 24.5 Å². The topological polar surface area (TPSA) is 12.0 Å². The normalized spacial score (nSPS) is 12.5. The fraction of sp³-hybridized carbons (Fsp3) is 0.412. The molecule has 0 aliphatic heterocycles. The molecule has 1 N–H and O–H groups in total. The summed E-state index contributed by atoms with van der Waals surface area (Å²) in [6, 6.07) is 10.8. The summed E-state index contributed by atoms with van der Waals surface area (Å²) in [5.41, 5.74) is 2.87. The molecule has 0 saturated heterocycles. The van der Waals surface area contributed by atoms with Crippen molar-refractivity contribution in [1.82, 2.24) is 5.32 Å². The van der Waals surface area contributed by atoms with Crippen LogP contribution in [-0.4, -0.2) is 13.1 Å². The Kier molecular flexibility index (Phi) is 6.77. The van der Waals surface area contributed by atoms with Crippen molar-refractivity contribution < 1.29 is 0 Å². The molecule has 0 saturated carbocycles. The molecular weight excluding hydrogens is 330 g/mol. The van der Waals surface area contributed by atoms with Crippen molar-refractivity contribution in [3.8, 4) is 0 Å². The zero-order valence-electron chi connectivity index (χ0n) is 11.9. The van der Waals surface area contributed by atoms with E-state index >= 15 is 0 Å². The Balaban J connectivity index is 1.99. The lowest BCUT2D eigenvalue weighted by atomic mass is 9.93. The first-order valence-corrected chi connectivity index (χ1v) is 8.98. The van der Waals surface area contributed by atoms with Gasteiger partial charge in [-0.2, -0.15) is 11.3 Å². The third-order valence-corrected chi connectivity index (χ3v) is 4.94. The summed E-state index contributed by atoms with van der Waals surface area (Å²) in [7, 11) is 0. The van der Waals surface area contributed by atoms with E-state index in [4.69, 9.17) is 0 Å². The maximum absolute atomic E-state index is 3.67. The lowest BCUT2D eigenvalue weighted by Crippen LogP contribution is -2.26. The van der Waals surface area contributed by atoms with Gasteiger partial charge in [0, 0.05) is 4.47 Å². The van der Waals surface area contributed by atoms with Gasteiger partial charge in [-0.15, -0.1) is 0 Å². The maximum atomic E-state index is 3.67. The molecule has 0 spiro atoms. The molecule has 0 aliphatic rings. The lowest BCUT2D eigenvalue weighted by Gasteiger charge is -2.18. The largest absolute Gasteiger partial charge is 0.316 e. The van der Waals surface area contributed by atoms with Crippen molar-refractivity contribution in [1.29, 1.82) is 0 Å². The van der Waals surface area contributed by atoms with Gasteiger partial charge in [-0.3, -0.25) is 0 Å². The van der Waals surface area contributed by atoms with Gasteiger partial charge < -0.3 is 5.32 Å². The van der Waals surface area contributed by atoms with Crippen molar-refractivity contribution in [3.63, 3.8) is 0 Å². The molecule has 3 heteroatoms. The molecule has 1 nitrogen and oxygen atoms in total. The Morgan fingerprint density at radius 2 is 2.05 bits per heavy atom. The highest BCUT2D eigenvalue weighted by molar-refractivity contribution is 9.10. The van der Waals surface area contributed by atoms with Crippen molar-refractivity contribution in [3.05, 3.63) is 56.7 Å². The monoisotopic (exact) mass is 351 g/mol. The van der Waals surface area contributed by atoms with E-state index in [-0.39, 0.29) is 0 Å². The first-order valence-electron chi connectivity index (χ1n) is 7.24. The summed E-state index contributed by atoms with van der Waals surface area (Å²) in [6.45, 7) is 4.41. The SMILES string of the molecule is CCCNCC(Cc1ccsc1)Cc1ccccc1Br. The molecule has 108 valence electrons. The molecule has 0 fully saturated rings. The second-order valence-corrected chi connectivity index (χ2v) is 6.84. The zero-order valence-corrected chi connectivity index (χ0v) is 14.3. The van der Waals surface area contributed by atoms with E-state index in [1.54, 1.807) is 11.3 Å². The van der Waals surface area contributed by atoms with Gasteiger partial charge in [-0.1, -0.05) is 41.1 Å². The first-order chi connectivity index (χ1) is 9.79. The van der Waals surface area contributed by atoms with Crippen LogP contribution in [0.5, 0.6) is 0 Å². The van der Waals surface area contributed by atoms with Gasteiger partial charge in [0.25, 0.3) is 0 Å². The Hall–Kier alpha value is -0.640. The molecule has 2 aromatic rings. The Morgan fingerprint density at radius 1 is 1.20 bits per heavy atom. The first kappa shape index (κ1) is 15.7. The summed E-state index contributed by atoms with van der Waals surface area (Å²) in [4.78, 5) is 0. The third-order valence-electron chi connectivity index (χ3n) is 3.43. The van der Waals surface area contributed by atoms with Crippen molar-refractivity contribution in [2.24, 2.45) is 5.92 Å². The molecule has 0 aliphatic carbocycles. The molecule has 1 aromatic carbocycles. The van der Waals surface area contributed by atoms with Gasteiger partial charge in [0.2, 0.25) is 0 Å². The molecule has 1 heterocycles. The van der Waals surface area contributed by atoms with E-state index in [1.165, 1.54) is 22.0 Å². The molecule has 1 atom stereocenters. The summed E-state index contributed by atoms with van der Waals surface area (Å²) >= 11 is 5.46. The van der Waals surface area contributed by atoms with Crippen LogP contribution in [-0.2, 0) is 12.8 Å². The van der Waals surface area contributed by atoms with Crippen LogP contribution in [0.15, 0.2) is 45.6 Å². The van der Waals surface area contributed by atoms with E-state index in [2.05, 4.69) is 69.3 Å². The van der Waals surface area contributed by atoms with Gasteiger partial charge in [0.05, 0.1) is 0 Å². The minimum Gasteiger partial charge on any atom is -0.316 e. The number of hydrogen-bond donors (Lipinski definition) is 1. The summed E-state index contributed by atoms with van der Waals surface area (Å²) in [5, 5.41) is 8.02. The fourth-order valence-corrected chi connectivity index (χ4v) is 3.54. The number of benzene rings is 1. The molecule has 2 rings (SSSR count). The van der Waals surface area contributed by atoms with Crippen LogP contribution < -0.4 is 5.32 Å². The molecule has 1 aromatic heterocycles. The van der Waals surface area contributed by atoms with Crippen molar-refractivity contribution >= 4 is 27.3 Å². The molecular formula is C17H22BrNS. The minimum absolute atomic E-state index is 0.648. The van der Waals surface area contributed by atoms with Gasteiger partial charge in [-0.25, -0.2) is 0 Å². The minimum atomic E-state index is 0.648. The number of thiophene rings is 1. The zero-order chi connectivity index (χ0) is 14.2. The van der Waals surface area contributed by atoms with Crippen molar-refractivity contribution in [2.75, 3.05) is 13.1 Å². The number of rotatable bonds is 8. The highest BCUT2D eigenvalue weighted by Crippen LogP contribution is 2.22. The Morgan fingerprint density at radius 3 is 2.75 bits per heavy atom. The van der Waals surface area contributed by atoms with Gasteiger partial charge in [-0.05, 0) is 72.3 Å². The molecule has 0 amide bonds. The highest BCUT2D eigenvalue weighted by Gasteiger charge is 2.12. The van der Waals surface area contributed by atoms with Gasteiger partial charge in [0.1, 0.15) is 0 Å². The van der Waals surface area contributed by atoms with Gasteiger partial charge >= 0.3 is 0 Å². The Bertz CT molecular complexity index is 495. The average Bonchev–Trinajstić information content (AvgIpc) is 2.94. The van der Waals surface area contributed by atoms with E-state index in [1.807, 2.05) is 0 Å². The standard InChI is InChI=1S/C17H22BrNS/c1-2-8-19-12-15(10-14-7-9-20-13-14)11-16-5-3-4-6-17(16)18/h3-7,9,13,15,19H,2,8,10-12H2,1H3. The van der Waals surface area contributed by atoms with Crippen LogP contribution in [0.4, 0.5) is 0 Å². The van der Waals surface area contributed by atoms with Gasteiger partial charge in [0.15, 0.2) is 0 Å². The average molecular weight is 352 g/mol. The summed E-state index contributed by atoms with van der Waals surface area (Å²) in [5.74, 6) is 0.648. The quantitative estimate of drug-likeness (QED) is 0.666.